The summed E-state index contributed by atoms with van der Waals surface area (Å²) in [4.78, 5) is 2.45. The van der Waals surface area contributed by atoms with Gasteiger partial charge >= 0.3 is 0 Å². The van der Waals surface area contributed by atoms with E-state index in [4.69, 9.17) is 5.73 Å². The minimum Gasteiger partial charge on any atom is -0.330 e. The SMILES string of the molecule is NCC(CN1CCCC1)c1ccc(F)cc1. The van der Waals surface area contributed by atoms with E-state index in [9.17, 15) is 4.39 Å². The van der Waals surface area contributed by atoms with E-state index >= 15 is 0 Å². The van der Waals surface area contributed by atoms with Crippen LogP contribution in [0.3, 0.4) is 0 Å². The van der Waals surface area contributed by atoms with Gasteiger partial charge in [0.05, 0.1) is 0 Å². The Hall–Kier alpha value is -0.930. The molecule has 0 aliphatic carbocycles. The maximum Gasteiger partial charge on any atom is 0.123 e. The van der Waals surface area contributed by atoms with Crippen LogP contribution in [0.15, 0.2) is 24.3 Å². The van der Waals surface area contributed by atoms with Crippen LogP contribution in [0, 0.1) is 5.82 Å². The van der Waals surface area contributed by atoms with E-state index in [1.807, 2.05) is 12.1 Å². The average Bonchev–Trinajstić information content (AvgIpc) is 2.80. The molecule has 0 spiro atoms. The summed E-state index contributed by atoms with van der Waals surface area (Å²) in [7, 11) is 0. The zero-order valence-electron chi connectivity index (χ0n) is 9.53. The third-order valence-electron chi connectivity index (χ3n) is 3.30. The molecule has 0 saturated carbocycles. The molecule has 1 aromatic rings. The van der Waals surface area contributed by atoms with E-state index < -0.39 is 0 Å². The molecule has 1 aliphatic heterocycles. The molecule has 1 fully saturated rings. The van der Waals surface area contributed by atoms with Crippen LogP contribution in [-0.4, -0.2) is 31.1 Å². The Morgan fingerprint density at radius 3 is 2.38 bits per heavy atom. The number of halogens is 1. The second-order valence-corrected chi connectivity index (χ2v) is 4.49. The van der Waals surface area contributed by atoms with Crippen LogP contribution in [0.5, 0.6) is 0 Å². The fraction of sp³-hybridized carbons (Fsp3) is 0.538. The summed E-state index contributed by atoms with van der Waals surface area (Å²) >= 11 is 0. The summed E-state index contributed by atoms with van der Waals surface area (Å²) in [5.41, 5.74) is 6.95. The molecule has 0 amide bonds. The van der Waals surface area contributed by atoms with Gasteiger partial charge in [0.1, 0.15) is 5.82 Å². The summed E-state index contributed by atoms with van der Waals surface area (Å²) in [6.07, 6.45) is 2.58. The van der Waals surface area contributed by atoms with Crippen molar-refractivity contribution in [2.24, 2.45) is 5.73 Å². The summed E-state index contributed by atoms with van der Waals surface area (Å²) in [6, 6.07) is 6.73. The van der Waals surface area contributed by atoms with Crippen molar-refractivity contribution >= 4 is 0 Å². The normalized spacial score (nSPS) is 18.9. The molecule has 2 nitrogen and oxygen atoms in total. The zero-order chi connectivity index (χ0) is 11.4. The van der Waals surface area contributed by atoms with Gasteiger partial charge in [-0.2, -0.15) is 0 Å². The third-order valence-corrected chi connectivity index (χ3v) is 3.30. The van der Waals surface area contributed by atoms with Crippen LogP contribution in [0.4, 0.5) is 4.39 Å². The van der Waals surface area contributed by atoms with E-state index in [0.29, 0.717) is 12.5 Å². The molecular formula is C13H19FN2. The molecule has 0 radical (unpaired) electrons. The second-order valence-electron chi connectivity index (χ2n) is 4.49. The predicted octanol–water partition coefficient (Wildman–Crippen LogP) is 1.96. The first kappa shape index (κ1) is 11.6. The Morgan fingerprint density at radius 1 is 1.19 bits per heavy atom. The Labute approximate surface area is 96.2 Å². The van der Waals surface area contributed by atoms with Crippen molar-refractivity contribution in [2.75, 3.05) is 26.2 Å². The maximum atomic E-state index is 12.8. The van der Waals surface area contributed by atoms with E-state index in [1.54, 1.807) is 0 Å². The number of benzene rings is 1. The molecule has 16 heavy (non-hydrogen) atoms. The van der Waals surface area contributed by atoms with E-state index in [2.05, 4.69) is 4.90 Å². The smallest absolute Gasteiger partial charge is 0.123 e. The van der Waals surface area contributed by atoms with Crippen molar-refractivity contribution in [3.05, 3.63) is 35.6 Å². The Morgan fingerprint density at radius 2 is 1.81 bits per heavy atom. The van der Waals surface area contributed by atoms with Gasteiger partial charge < -0.3 is 10.6 Å². The Balaban J connectivity index is 2.00. The largest absolute Gasteiger partial charge is 0.330 e. The number of likely N-dealkylation sites (tertiary alicyclic amines) is 1. The van der Waals surface area contributed by atoms with Gasteiger partial charge in [0.2, 0.25) is 0 Å². The lowest BCUT2D eigenvalue weighted by Gasteiger charge is -2.22. The molecular weight excluding hydrogens is 203 g/mol. The van der Waals surface area contributed by atoms with Gasteiger partial charge in [0.25, 0.3) is 0 Å². The predicted molar refractivity (Wildman–Crippen MR) is 63.9 cm³/mol. The first-order valence-electron chi connectivity index (χ1n) is 5.97. The summed E-state index contributed by atoms with van der Waals surface area (Å²) in [6.45, 7) is 3.99. The van der Waals surface area contributed by atoms with Gasteiger partial charge in [-0.3, -0.25) is 0 Å². The first-order valence-corrected chi connectivity index (χ1v) is 5.97. The summed E-state index contributed by atoms with van der Waals surface area (Å²) in [5, 5.41) is 0. The van der Waals surface area contributed by atoms with Gasteiger partial charge in [0.15, 0.2) is 0 Å². The van der Waals surface area contributed by atoms with Crippen LogP contribution < -0.4 is 5.73 Å². The highest BCUT2D eigenvalue weighted by atomic mass is 19.1. The van der Waals surface area contributed by atoms with Crippen molar-refractivity contribution < 1.29 is 4.39 Å². The monoisotopic (exact) mass is 222 g/mol. The molecule has 1 unspecified atom stereocenters. The van der Waals surface area contributed by atoms with Crippen molar-refractivity contribution in [3.63, 3.8) is 0 Å². The molecule has 3 heteroatoms. The maximum absolute atomic E-state index is 12.8. The highest BCUT2D eigenvalue weighted by Gasteiger charge is 2.17. The van der Waals surface area contributed by atoms with E-state index in [0.717, 1.165) is 12.1 Å². The lowest BCUT2D eigenvalue weighted by atomic mass is 9.99. The lowest BCUT2D eigenvalue weighted by molar-refractivity contribution is 0.315. The van der Waals surface area contributed by atoms with E-state index in [1.165, 1.54) is 38.1 Å². The van der Waals surface area contributed by atoms with Crippen LogP contribution in [0.25, 0.3) is 0 Å². The van der Waals surface area contributed by atoms with Crippen LogP contribution in [0.1, 0.15) is 24.3 Å². The van der Waals surface area contributed by atoms with Crippen molar-refractivity contribution in [3.8, 4) is 0 Å². The quantitative estimate of drug-likeness (QED) is 0.844. The highest BCUT2D eigenvalue weighted by Crippen LogP contribution is 2.19. The zero-order valence-corrected chi connectivity index (χ0v) is 9.53. The summed E-state index contributed by atoms with van der Waals surface area (Å²) in [5.74, 6) is 0.152. The van der Waals surface area contributed by atoms with Crippen molar-refractivity contribution in [1.82, 2.24) is 4.90 Å². The standard InChI is InChI=1S/C13H19FN2/c14-13-5-3-11(4-6-13)12(9-15)10-16-7-1-2-8-16/h3-6,12H,1-2,7-10,15H2. The van der Waals surface area contributed by atoms with Gasteiger partial charge in [-0.05, 0) is 43.6 Å². The number of rotatable bonds is 4. The van der Waals surface area contributed by atoms with Crippen LogP contribution in [-0.2, 0) is 0 Å². The van der Waals surface area contributed by atoms with Gasteiger partial charge in [-0.15, -0.1) is 0 Å². The fourth-order valence-electron chi connectivity index (χ4n) is 2.33. The Bertz CT molecular complexity index is 317. The van der Waals surface area contributed by atoms with Crippen LogP contribution in [0.2, 0.25) is 0 Å². The minimum atomic E-state index is -0.180. The summed E-state index contributed by atoms with van der Waals surface area (Å²) < 4.78 is 12.8. The Kier molecular flexibility index (Phi) is 3.91. The number of nitrogens with two attached hydrogens (primary N) is 1. The minimum absolute atomic E-state index is 0.180. The fourth-order valence-corrected chi connectivity index (χ4v) is 2.33. The van der Waals surface area contributed by atoms with Crippen molar-refractivity contribution in [2.45, 2.75) is 18.8 Å². The number of hydrogen-bond donors (Lipinski definition) is 1. The molecule has 1 aliphatic rings. The van der Waals surface area contributed by atoms with Gasteiger partial charge in [-0.25, -0.2) is 4.39 Å². The molecule has 88 valence electrons. The lowest BCUT2D eigenvalue weighted by Crippen LogP contribution is -2.29. The second kappa shape index (κ2) is 5.41. The van der Waals surface area contributed by atoms with Gasteiger partial charge in [0, 0.05) is 19.0 Å². The molecule has 1 heterocycles. The number of hydrogen-bond acceptors (Lipinski definition) is 2. The molecule has 1 aromatic carbocycles. The number of nitrogens with zero attached hydrogens (tertiary/aromatic N) is 1. The topological polar surface area (TPSA) is 29.3 Å². The molecule has 1 saturated heterocycles. The highest BCUT2D eigenvalue weighted by molar-refractivity contribution is 5.21. The average molecular weight is 222 g/mol. The van der Waals surface area contributed by atoms with Gasteiger partial charge in [-0.1, -0.05) is 12.1 Å². The molecule has 2 rings (SSSR count). The van der Waals surface area contributed by atoms with Crippen molar-refractivity contribution in [1.29, 1.82) is 0 Å². The first-order chi connectivity index (χ1) is 7.79. The molecule has 0 aromatic heterocycles. The molecule has 0 bridgehead atoms. The van der Waals surface area contributed by atoms with E-state index in [-0.39, 0.29) is 5.82 Å². The third kappa shape index (κ3) is 2.80. The molecule has 2 N–H and O–H groups in total. The van der Waals surface area contributed by atoms with Crippen LogP contribution >= 0.6 is 0 Å². The molecule has 1 atom stereocenters.